The maximum atomic E-state index is 7.77. The minimum Gasteiger partial charge on any atom is -0.466 e. The van der Waals surface area contributed by atoms with Gasteiger partial charge in [0.1, 0.15) is 11.2 Å². The highest BCUT2D eigenvalue weighted by Gasteiger charge is 2.49. The zero-order chi connectivity index (χ0) is 48.1. The van der Waals surface area contributed by atoms with Crippen molar-refractivity contribution in [2.45, 2.75) is 130 Å². The van der Waals surface area contributed by atoms with Gasteiger partial charge in [0, 0.05) is 53.8 Å². The number of furan rings is 1. The molecule has 0 fully saturated rings. The third-order valence-corrected chi connectivity index (χ3v) is 17.9. The molecule has 3 aliphatic rings. The summed E-state index contributed by atoms with van der Waals surface area (Å²) < 4.78 is 13.1. The molecular formula is C64H63BN2OS. The second kappa shape index (κ2) is 13.8. The lowest BCUT2D eigenvalue weighted by molar-refractivity contribution is 0.332. The molecule has 0 radical (unpaired) electrons. The Morgan fingerprint density at radius 3 is 1.87 bits per heavy atom. The van der Waals surface area contributed by atoms with Crippen molar-refractivity contribution in [2.24, 2.45) is 0 Å². The van der Waals surface area contributed by atoms with Crippen LogP contribution < -0.4 is 16.0 Å². The van der Waals surface area contributed by atoms with Gasteiger partial charge in [-0.15, -0.1) is 11.3 Å². The van der Waals surface area contributed by atoms with Crippen LogP contribution in [0.3, 0.4) is 0 Å². The summed E-state index contributed by atoms with van der Waals surface area (Å²) >= 11 is 1.94. The van der Waals surface area contributed by atoms with Crippen LogP contribution in [0.15, 0.2) is 126 Å². The van der Waals surface area contributed by atoms with Crippen LogP contribution in [0, 0.1) is 0 Å². The van der Waals surface area contributed by atoms with Crippen molar-refractivity contribution in [3.05, 3.63) is 149 Å². The van der Waals surface area contributed by atoms with E-state index in [0.717, 1.165) is 29.8 Å². The second-order valence-corrected chi connectivity index (χ2v) is 26.3. The molecule has 5 heteroatoms. The predicted molar refractivity (Wildman–Crippen MR) is 299 cm³/mol. The summed E-state index contributed by atoms with van der Waals surface area (Å²) in [7, 11) is 0. The molecule has 0 atom stereocenters. The maximum Gasteiger partial charge on any atom is 0.376 e. The van der Waals surface area contributed by atoms with E-state index in [2.05, 4.69) is 221 Å². The van der Waals surface area contributed by atoms with Crippen LogP contribution in [-0.4, -0.2) is 11.3 Å². The van der Waals surface area contributed by atoms with Gasteiger partial charge in [-0.3, -0.25) is 0 Å². The van der Waals surface area contributed by atoms with E-state index in [0.29, 0.717) is 0 Å². The summed E-state index contributed by atoms with van der Waals surface area (Å²) in [5.74, 6) is 0. The van der Waals surface area contributed by atoms with Gasteiger partial charge in [-0.2, -0.15) is 0 Å². The molecule has 7 aromatic carbocycles. The molecule has 344 valence electrons. The number of aromatic nitrogens is 1. The van der Waals surface area contributed by atoms with Gasteiger partial charge < -0.3 is 13.8 Å². The fraction of sp³-hybridized carbons (Fsp3) is 0.312. The molecule has 69 heavy (non-hydrogen) atoms. The molecule has 0 saturated carbocycles. The van der Waals surface area contributed by atoms with Crippen LogP contribution in [0.4, 0.5) is 17.1 Å². The number of thiophene rings is 1. The van der Waals surface area contributed by atoms with Gasteiger partial charge in [0.15, 0.2) is 0 Å². The van der Waals surface area contributed by atoms with E-state index in [1.807, 2.05) is 11.3 Å². The minimum absolute atomic E-state index is 0.00821. The van der Waals surface area contributed by atoms with Crippen molar-refractivity contribution in [3.8, 4) is 22.3 Å². The van der Waals surface area contributed by atoms with Crippen molar-refractivity contribution < 1.29 is 4.42 Å². The van der Waals surface area contributed by atoms with E-state index in [1.54, 1.807) is 0 Å². The van der Waals surface area contributed by atoms with Crippen molar-refractivity contribution in [3.63, 3.8) is 0 Å². The highest BCUT2D eigenvalue weighted by Crippen LogP contribution is 2.56. The number of hydrogen-bond acceptors (Lipinski definition) is 3. The molecule has 2 aliphatic heterocycles. The SMILES string of the molecule is CC(C)(C)c1ccc(N2c3c(oc4cc5c(cc34)C(C)(C)CCC5(C)C)B3c4c(cc5c(sc6ccccc65)c42)-c2cc(C(C)(C)C)cc4c5cc(C(C)(C)C)ccc5n3c24)c(-c2ccccc2)c1. The Kier molecular flexibility index (Phi) is 8.63. The first-order valence-corrected chi connectivity index (χ1v) is 26.1. The molecule has 0 N–H and O–H groups in total. The Balaban J connectivity index is 1.27. The average Bonchev–Trinajstić information content (AvgIpc) is 3.98. The van der Waals surface area contributed by atoms with Gasteiger partial charge in [-0.25, -0.2) is 0 Å². The number of fused-ring (bicyclic) bond motifs is 14. The lowest BCUT2D eigenvalue weighted by Crippen LogP contribution is -2.56. The Bertz CT molecular complexity index is 3850. The van der Waals surface area contributed by atoms with Crippen molar-refractivity contribution in [1.82, 2.24) is 4.48 Å². The highest BCUT2D eigenvalue weighted by molar-refractivity contribution is 7.26. The van der Waals surface area contributed by atoms with E-state index in [9.17, 15) is 0 Å². The van der Waals surface area contributed by atoms with Crippen LogP contribution in [-0.2, 0) is 27.1 Å². The Morgan fingerprint density at radius 2 is 1.16 bits per heavy atom. The molecular weight excluding hydrogens is 856 g/mol. The van der Waals surface area contributed by atoms with Gasteiger partial charge in [0.2, 0.25) is 0 Å². The molecule has 0 unspecified atom stereocenters. The van der Waals surface area contributed by atoms with Crippen LogP contribution in [0.1, 0.15) is 131 Å². The first-order chi connectivity index (χ1) is 32.6. The lowest BCUT2D eigenvalue weighted by atomic mass is 9.47. The first-order valence-electron chi connectivity index (χ1n) is 25.3. The molecule has 0 bridgehead atoms. The standard InChI is InChI=1S/C64H63BN2OS/c1-60(2,3)37-23-25-50(41(29-37)36-19-15-14-16-20-36)66-56-47-34-48-49(64(12,13)28-27-63(48,10)11)35-52(47)68-59(56)65-54-43(33-46-40-21-17-18-22-53(40)69-58(46)57(54)66)45-32-39(62(7,8)9)31-44-42-30-38(61(4,5)6)24-26-51(42)67(65)55(44)45/h14-26,29-35H,27-28H2,1-13H3. The normalized spacial score (nSPS) is 16.2. The van der Waals surface area contributed by atoms with Crippen LogP contribution in [0.5, 0.6) is 0 Å². The molecule has 0 amide bonds. The number of nitrogens with zero attached hydrogens (tertiary/aromatic N) is 2. The summed E-state index contributed by atoms with van der Waals surface area (Å²) in [5, 5.41) is 6.45. The van der Waals surface area contributed by atoms with Crippen molar-refractivity contribution in [1.29, 1.82) is 0 Å². The zero-order valence-corrected chi connectivity index (χ0v) is 43.6. The molecule has 3 nitrogen and oxygen atoms in total. The third-order valence-electron chi connectivity index (χ3n) is 16.7. The highest BCUT2D eigenvalue weighted by atomic mass is 32.1. The van der Waals surface area contributed by atoms with E-state index >= 15 is 0 Å². The molecule has 3 aromatic heterocycles. The number of benzene rings is 7. The average molecular weight is 919 g/mol. The largest absolute Gasteiger partial charge is 0.466 e. The van der Waals surface area contributed by atoms with E-state index < -0.39 is 0 Å². The van der Waals surface area contributed by atoms with E-state index in [-0.39, 0.29) is 33.9 Å². The van der Waals surface area contributed by atoms with Crippen LogP contribution >= 0.6 is 11.3 Å². The van der Waals surface area contributed by atoms with Crippen LogP contribution in [0.2, 0.25) is 0 Å². The summed E-state index contributed by atoms with van der Waals surface area (Å²) in [6, 6.07) is 47.5. The van der Waals surface area contributed by atoms with Gasteiger partial charge >= 0.3 is 6.85 Å². The molecule has 13 rings (SSSR count). The Morgan fingerprint density at radius 1 is 0.536 bits per heavy atom. The first kappa shape index (κ1) is 43.0. The Labute approximate surface area is 412 Å². The van der Waals surface area contributed by atoms with Gasteiger partial charge in [0.05, 0.1) is 21.8 Å². The monoisotopic (exact) mass is 918 g/mol. The summed E-state index contributed by atoms with van der Waals surface area (Å²) in [4.78, 5) is 2.69. The zero-order valence-electron chi connectivity index (χ0n) is 42.7. The van der Waals surface area contributed by atoms with E-state index in [4.69, 9.17) is 4.42 Å². The molecule has 5 heterocycles. The fourth-order valence-corrected chi connectivity index (χ4v) is 13.7. The molecule has 10 aromatic rings. The summed E-state index contributed by atoms with van der Waals surface area (Å²) in [6.07, 6.45) is 2.29. The van der Waals surface area contributed by atoms with E-state index in [1.165, 1.54) is 114 Å². The fourth-order valence-electron chi connectivity index (χ4n) is 12.5. The smallest absolute Gasteiger partial charge is 0.376 e. The van der Waals surface area contributed by atoms with Crippen LogP contribution in [0.25, 0.3) is 75.2 Å². The summed E-state index contributed by atoms with van der Waals surface area (Å²) in [6.45, 7) is 30.7. The second-order valence-electron chi connectivity index (χ2n) is 25.2. The van der Waals surface area contributed by atoms with Crippen molar-refractivity contribution >= 4 is 99.3 Å². The van der Waals surface area contributed by atoms with Gasteiger partial charge in [-0.1, -0.05) is 151 Å². The van der Waals surface area contributed by atoms with Gasteiger partial charge in [-0.05, 0) is 145 Å². The van der Waals surface area contributed by atoms with Gasteiger partial charge in [0.25, 0.3) is 0 Å². The third kappa shape index (κ3) is 6.05. The quantitative estimate of drug-likeness (QED) is 0.161. The minimum atomic E-state index is -0.219. The molecule has 0 saturated heterocycles. The summed E-state index contributed by atoms with van der Waals surface area (Å²) in [5.41, 5.74) is 21.3. The lowest BCUT2D eigenvalue weighted by Gasteiger charge is -2.42. The molecule has 0 spiro atoms. The number of anilines is 3. The maximum absolute atomic E-state index is 7.77. The number of hydrogen-bond donors (Lipinski definition) is 0. The Hall–Kier alpha value is -6.04. The van der Waals surface area contributed by atoms with Crippen molar-refractivity contribution in [2.75, 3.05) is 4.90 Å². The predicted octanol–water partition coefficient (Wildman–Crippen LogP) is 17.2. The number of rotatable bonds is 2. The topological polar surface area (TPSA) is 21.3 Å². The molecule has 1 aliphatic carbocycles.